The first-order valence-electron chi connectivity index (χ1n) is 6.79. The van der Waals surface area contributed by atoms with Gasteiger partial charge in [-0.05, 0) is 18.4 Å². The number of carbonyl (C=O) groups is 1. The van der Waals surface area contributed by atoms with E-state index in [-0.39, 0.29) is 24.0 Å². The van der Waals surface area contributed by atoms with Gasteiger partial charge in [-0.15, -0.1) is 12.4 Å². The highest BCUT2D eigenvalue weighted by molar-refractivity contribution is 5.85. The maximum Gasteiger partial charge on any atom is 0.269 e. The third kappa shape index (κ3) is 3.92. The summed E-state index contributed by atoms with van der Waals surface area (Å²) in [6, 6.07) is 6.19. The lowest BCUT2D eigenvalue weighted by atomic mass is 9.85. The van der Waals surface area contributed by atoms with Crippen molar-refractivity contribution >= 4 is 24.0 Å². The second-order valence-electron chi connectivity index (χ2n) is 5.30. The van der Waals surface area contributed by atoms with E-state index in [1.807, 2.05) is 0 Å². The Morgan fingerprint density at radius 1 is 1.29 bits per heavy atom. The summed E-state index contributed by atoms with van der Waals surface area (Å²) in [5.41, 5.74) is 6.23. The molecule has 21 heavy (non-hydrogen) atoms. The first kappa shape index (κ1) is 17.4. The van der Waals surface area contributed by atoms with E-state index in [1.165, 1.54) is 12.1 Å². The lowest BCUT2D eigenvalue weighted by molar-refractivity contribution is -0.384. The van der Waals surface area contributed by atoms with Crippen LogP contribution in [0.2, 0.25) is 0 Å². The zero-order valence-corrected chi connectivity index (χ0v) is 12.5. The average Bonchev–Trinajstić information content (AvgIpc) is 2.95. The van der Waals surface area contributed by atoms with Crippen LogP contribution in [0.1, 0.15) is 31.2 Å². The maximum absolute atomic E-state index is 12.2. The van der Waals surface area contributed by atoms with Crippen LogP contribution in [0.5, 0.6) is 0 Å². The van der Waals surface area contributed by atoms with Gasteiger partial charge in [0.1, 0.15) is 0 Å². The molecule has 1 aromatic rings. The first-order chi connectivity index (χ1) is 9.57. The van der Waals surface area contributed by atoms with Crippen molar-refractivity contribution in [1.82, 2.24) is 5.32 Å². The normalized spacial score (nSPS) is 16.0. The van der Waals surface area contributed by atoms with Crippen molar-refractivity contribution in [2.45, 2.75) is 32.2 Å². The molecule has 1 fully saturated rings. The minimum Gasteiger partial charge on any atom is -0.352 e. The summed E-state index contributed by atoms with van der Waals surface area (Å²) in [6.45, 7) is 0.748. The van der Waals surface area contributed by atoms with Gasteiger partial charge in [0.25, 0.3) is 5.69 Å². The largest absolute Gasteiger partial charge is 0.352 e. The van der Waals surface area contributed by atoms with E-state index in [2.05, 4.69) is 5.32 Å². The topological polar surface area (TPSA) is 98.3 Å². The number of nitro groups is 1. The molecule has 0 radical (unpaired) electrons. The van der Waals surface area contributed by atoms with Gasteiger partial charge in [0.05, 0.1) is 10.3 Å². The van der Waals surface area contributed by atoms with Crippen molar-refractivity contribution in [3.05, 3.63) is 39.9 Å². The molecule has 0 aromatic heterocycles. The number of rotatable bonds is 5. The first-order valence-corrected chi connectivity index (χ1v) is 6.79. The quantitative estimate of drug-likeness (QED) is 0.642. The molecule has 6 nitrogen and oxygen atoms in total. The highest BCUT2D eigenvalue weighted by Crippen LogP contribution is 2.37. The number of hydrogen-bond acceptors (Lipinski definition) is 4. The molecule has 0 unspecified atom stereocenters. The molecule has 7 heteroatoms. The number of amides is 1. The summed E-state index contributed by atoms with van der Waals surface area (Å²) in [4.78, 5) is 22.4. The lowest BCUT2D eigenvalue weighted by Crippen LogP contribution is -2.43. The maximum atomic E-state index is 12.2. The third-order valence-electron chi connectivity index (χ3n) is 4.03. The zero-order valence-electron chi connectivity index (χ0n) is 11.7. The number of nitrogens with zero attached hydrogens (tertiary/aromatic N) is 1. The van der Waals surface area contributed by atoms with E-state index >= 15 is 0 Å². The van der Waals surface area contributed by atoms with Crippen LogP contribution in [0.4, 0.5) is 5.69 Å². The SMILES string of the molecule is Cl.NCC1(C(=O)NCc2ccc([N+](=O)[O-])cc2)CCCC1. The molecule has 0 atom stereocenters. The van der Waals surface area contributed by atoms with E-state index in [1.54, 1.807) is 12.1 Å². The summed E-state index contributed by atoms with van der Waals surface area (Å²) in [6.07, 6.45) is 3.77. The molecule has 0 heterocycles. The Bertz CT molecular complexity index is 499. The van der Waals surface area contributed by atoms with Crippen molar-refractivity contribution in [3.63, 3.8) is 0 Å². The number of nitrogens with two attached hydrogens (primary N) is 1. The smallest absolute Gasteiger partial charge is 0.269 e. The average molecular weight is 314 g/mol. The van der Waals surface area contributed by atoms with Gasteiger partial charge in [0.15, 0.2) is 0 Å². The fourth-order valence-electron chi connectivity index (χ4n) is 2.68. The molecule has 1 aromatic carbocycles. The molecular formula is C14H20ClN3O3. The van der Waals surface area contributed by atoms with E-state index < -0.39 is 10.3 Å². The number of non-ortho nitro benzene ring substituents is 1. The summed E-state index contributed by atoms with van der Waals surface area (Å²) in [5, 5.41) is 13.4. The monoisotopic (exact) mass is 313 g/mol. The second kappa shape index (κ2) is 7.38. The minimum absolute atomic E-state index is 0. The number of nitro benzene ring substituents is 1. The van der Waals surface area contributed by atoms with Gasteiger partial charge in [-0.2, -0.15) is 0 Å². The molecular weight excluding hydrogens is 294 g/mol. The third-order valence-corrected chi connectivity index (χ3v) is 4.03. The van der Waals surface area contributed by atoms with Crippen molar-refractivity contribution in [2.75, 3.05) is 6.54 Å². The Balaban J connectivity index is 0.00000220. The molecule has 1 aliphatic carbocycles. The predicted molar refractivity (Wildman–Crippen MR) is 82.1 cm³/mol. The molecule has 0 aliphatic heterocycles. The molecule has 3 N–H and O–H groups in total. The van der Waals surface area contributed by atoms with E-state index in [9.17, 15) is 14.9 Å². The van der Waals surface area contributed by atoms with Crippen LogP contribution >= 0.6 is 12.4 Å². The van der Waals surface area contributed by atoms with Crippen LogP contribution in [-0.4, -0.2) is 17.4 Å². The molecule has 0 saturated heterocycles. The number of carbonyl (C=O) groups excluding carboxylic acids is 1. The van der Waals surface area contributed by atoms with E-state index in [4.69, 9.17) is 5.73 Å². The van der Waals surface area contributed by atoms with Crippen LogP contribution < -0.4 is 11.1 Å². The number of halogens is 1. The molecule has 2 rings (SSSR count). The number of nitrogens with one attached hydrogen (secondary N) is 1. The Morgan fingerprint density at radius 3 is 2.33 bits per heavy atom. The van der Waals surface area contributed by atoms with Gasteiger partial charge in [0.2, 0.25) is 5.91 Å². The van der Waals surface area contributed by atoms with Crippen LogP contribution in [-0.2, 0) is 11.3 Å². The van der Waals surface area contributed by atoms with Crippen LogP contribution in [0.3, 0.4) is 0 Å². The summed E-state index contributed by atoms with van der Waals surface area (Å²) in [5.74, 6) is -0.00384. The molecule has 1 amide bonds. The lowest BCUT2D eigenvalue weighted by Gasteiger charge is -2.25. The summed E-state index contributed by atoms with van der Waals surface area (Å²) < 4.78 is 0. The predicted octanol–water partition coefficient (Wildman–Crippen LogP) is 2.15. The van der Waals surface area contributed by atoms with Crippen LogP contribution in [0.25, 0.3) is 0 Å². The Morgan fingerprint density at radius 2 is 1.86 bits per heavy atom. The van der Waals surface area contributed by atoms with Crippen molar-refractivity contribution in [1.29, 1.82) is 0 Å². The van der Waals surface area contributed by atoms with Crippen molar-refractivity contribution in [3.8, 4) is 0 Å². The van der Waals surface area contributed by atoms with Gasteiger partial charge in [-0.3, -0.25) is 14.9 Å². The van der Waals surface area contributed by atoms with Crippen LogP contribution in [0.15, 0.2) is 24.3 Å². The van der Waals surface area contributed by atoms with Crippen molar-refractivity contribution in [2.24, 2.45) is 11.1 Å². The summed E-state index contributed by atoms with van der Waals surface area (Å²) in [7, 11) is 0. The molecule has 0 spiro atoms. The molecule has 1 saturated carbocycles. The van der Waals surface area contributed by atoms with Gasteiger partial charge >= 0.3 is 0 Å². The Hall–Kier alpha value is -1.66. The highest BCUT2D eigenvalue weighted by atomic mass is 35.5. The van der Waals surface area contributed by atoms with Gasteiger partial charge in [-0.1, -0.05) is 25.0 Å². The standard InChI is InChI=1S/C14H19N3O3.ClH/c15-10-14(7-1-2-8-14)13(18)16-9-11-3-5-12(6-4-11)17(19)20;/h3-6H,1-2,7-10,15H2,(H,16,18);1H. The number of hydrogen-bond donors (Lipinski definition) is 2. The van der Waals surface area contributed by atoms with E-state index in [0.717, 1.165) is 31.2 Å². The summed E-state index contributed by atoms with van der Waals surface area (Å²) >= 11 is 0. The van der Waals surface area contributed by atoms with Crippen molar-refractivity contribution < 1.29 is 9.72 Å². The van der Waals surface area contributed by atoms with Gasteiger partial charge in [-0.25, -0.2) is 0 Å². The molecule has 0 bridgehead atoms. The van der Waals surface area contributed by atoms with Gasteiger partial charge < -0.3 is 11.1 Å². The Labute approximate surface area is 129 Å². The highest BCUT2D eigenvalue weighted by Gasteiger charge is 2.39. The van der Waals surface area contributed by atoms with Crippen LogP contribution in [0, 0.1) is 15.5 Å². The molecule has 116 valence electrons. The Kier molecular flexibility index (Phi) is 6.11. The fraction of sp³-hybridized carbons (Fsp3) is 0.500. The zero-order chi connectivity index (χ0) is 14.6. The number of benzene rings is 1. The fourth-order valence-corrected chi connectivity index (χ4v) is 2.68. The van der Waals surface area contributed by atoms with E-state index in [0.29, 0.717) is 13.1 Å². The second-order valence-corrected chi connectivity index (χ2v) is 5.30. The molecule has 1 aliphatic rings. The minimum atomic E-state index is -0.440. The van der Waals surface area contributed by atoms with Gasteiger partial charge in [0, 0.05) is 25.2 Å².